The van der Waals surface area contributed by atoms with E-state index >= 15 is 0 Å². The monoisotopic (exact) mass is 323 g/mol. The van der Waals surface area contributed by atoms with E-state index in [0.29, 0.717) is 11.4 Å². The fraction of sp³-hybridized carbons (Fsp3) is 0.167. The Morgan fingerprint density at radius 3 is 2.38 bits per heavy atom. The summed E-state index contributed by atoms with van der Waals surface area (Å²) in [5.41, 5.74) is 2.15. The minimum absolute atomic E-state index is 0.0732. The molecule has 0 radical (unpaired) electrons. The molecule has 1 fully saturated rings. The Hall–Kier alpha value is -3.15. The summed E-state index contributed by atoms with van der Waals surface area (Å²) in [4.78, 5) is 37.9. The van der Waals surface area contributed by atoms with E-state index in [1.54, 1.807) is 22.8 Å². The second-order valence-electron chi connectivity index (χ2n) is 5.52. The van der Waals surface area contributed by atoms with Gasteiger partial charge in [-0.15, -0.1) is 0 Å². The lowest BCUT2D eigenvalue weighted by atomic mass is 10.1. The number of barbiturate groups is 1. The molecule has 2 heterocycles. The lowest BCUT2D eigenvalue weighted by Gasteiger charge is -2.26. The summed E-state index contributed by atoms with van der Waals surface area (Å²) in [7, 11) is 1.81. The molecule has 122 valence electrons. The summed E-state index contributed by atoms with van der Waals surface area (Å²) >= 11 is 0. The minimum atomic E-state index is -0.738. The van der Waals surface area contributed by atoms with Crippen molar-refractivity contribution in [3.05, 3.63) is 59.4 Å². The number of hydrogen-bond acceptors (Lipinski definition) is 3. The molecule has 2 aromatic rings. The van der Waals surface area contributed by atoms with Gasteiger partial charge in [-0.05, 0) is 42.3 Å². The molecule has 6 nitrogen and oxygen atoms in total. The van der Waals surface area contributed by atoms with Crippen molar-refractivity contribution in [1.29, 1.82) is 0 Å². The van der Waals surface area contributed by atoms with Gasteiger partial charge in [0.15, 0.2) is 0 Å². The number of rotatable bonds is 3. The number of nitrogens with zero attached hydrogens (tertiary/aromatic N) is 2. The van der Waals surface area contributed by atoms with E-state index in [0.717, 1.165) is 16.9 Å². The van der Waals surface area contributed by atoms with Gasteiger partial charge in [-0.3, -0.25) is 14.9 Å². The smallest absolute Gasteiger partial charge is 0.335 e. The van der Waals surface area contributed by atoms with Crippen LogP contribution in [0.1, 0.15) is 18.2 Å². The van der Waals surface area contributed by atoms with Gasteiger partial charge in [0.05, 0.1) is 5.69 Å². The maximum atomic E-state index is 12.7. The first-order valence-corrected chi connectivity index (χ1v) is 7.63. The highest BCUT2D eigenvalue weighted by Crippen LogP contribution is 2.22. The first-order chi connectivity index (χ1) is 11.5. The number of amides is 4. The molecule has 1 aliphatic heterocycles. The summed E-state index contributed by atoms with van der Waals surface area (Å²) < 4.78 is 1.78. The average Bonchev–Trinajstić information content (AvgIpc) is 2.97. The molecule has 0 saturated carbocycles. The highest BCUT2D eigenvalue weighted by molar-refractivity contribution is 6.39. The molecular formula is C18H17N3O3. The number of carbonyl (C=O) groups is 3. The second kappa shape index (κ2) is 6.16. The zero-order chi connectivity index (χ0) is 17.3. The largest absolute Gasteiger partial charge is 0.351 e. The van der Waals surface area contributed by atoms with Crippen molar-refractivity contribution in [2.75, 3.05) is 4.90 Å². The number of benzene rings is 1. The Balaban J connectivity index is 1.99. The third-order valence-corrected chi connectivity index (χ3v) is 3.98. The van der Waals surface area contributed by atoms with Crippen LogP contribution in [-0.4, -0.2) is 22.4 Å². The number of hydrogen-bond donors (Lipinski definition) is 1. The van der Waals surface area contributed by atoms with Crippen LogP contribution in [0.5, 0.6) is 0 Å². The number of urea groups is 1. The Bertz CT molecular complexity index is 847. The summed E-state index contributed by atoms with van der Waals surface area (Å²) in [6, 6.07) is 9.96. The highest BCUT2D eigenvalue weighted by Gasteiger charge is 2.36. The fourth-order valence-corrected chi connectivity index (χ4v) is 2.54. The van der Waals surface area contributed by atoms with Crippen molar-refractivity contribution < 1.29 is 14.4 Å². The normalized spacial score (nSPS) is 16.7. The molecule has 0 spiro atoms. The van der Waals surface area contributed by atoms with E-state index in [1.165, 1.54) is 6.08 Å². The van der Waals surface area contributed by atoms with Crippen LogP contribution in [-0.2, 0) is 23.1 Å². The first-order valence-electron chi connectivity index (χ1n) is 7.63. The molecule has 0 aliphatic carbocycles. The van der Waals surface area contributed by atoms with E-state index in [4.69, 9.17) is 0 Å². The van der Waals surface area contributed by atoms with Crippen LogP contribution < -0.4 is 10.2 Å². The molecule has 0 atom stereocenters. The molecule has 0 bridgehead atoms. The number of imide groups is 2. The summed E-state index contributed by atoms with van der Waals surface area (Å²) in [6.07, 6.45) is 4.15. The van der Waals surface area contributed by atoms with Crippen molar-refractivity contribution in [2.24, 2.45) is 7.05 Å². The molecular weight excluding hydrogens is 306 g/mol. The lowest BCUT2D eigenvalue weighted by molar-refractivity contribution is -0.122. The molecule has 1 aliphatic rings. The van der Waals surface area contributed by atoms with Crippen molar-refractivity contribution in [1.82, 2.24) is 9.88 Å². The molecule has 1 aromatic carbocycles. The van der Waals surface area contributed by atoms with Crippen LogP contribution in [0.2, 0.25) is 0 Å². The third kappa shape index (κ3) is 2.74. The van der Waals surface area contributed by atoms with Crippen LogP contribution in [0.3, 0.4) is 0 Å². The maximum Gasteiger partial charge on any atom is 0.335 e. The molecule has 1 aromatic heterocycles. The topological polar surface area (TPSA) is 71.4 Å². The number of nitrogens with one attached hydrogen (secondary N) is 1. The molecule has 1 N–H and O–H groups in total. The van der Waals surface area contributed by atoms with Gasteiger partial charge < -0.3 is 4.57 Å². The lowest BCUT2D eigenvalue weighted by Crippen LogP contribution is -2.54. The summed E-state index contributed by atoms with van der Waals surface area (Å²) in [6.45, 7) is 2.02. The second-order valence-corrected chi connectivity index (χ2v) is 5.52. The van der Waals surface area contributed by atoms with Crippen molar-refractivity contribution in [3.8, 4) is 0 Å². The van der Waals surface area contributed by atoms with Crippen LogP contribution in [0.4, 0.5) is 10.5 Å². The maximum absolute atomic E-state index is 12.7. The zero-order valence-corrected chi connectivity index (χ0v) is 13.4. The zero-order valence-electron chi connectivity index (χ0n) is 13.4. The molecule has 0 unspecified atom stereocenters. The van der Waals surface area contributed by atoms with Gasteiger partial charge in [-0.2, -0.15) is 0 Å². The molecule has 1 saturated heterocycles. The van der Waals surface area contributed by atoms with Crippen LogP contribution in [0.25, 0.3) is 6.08 Å². The minimum Gasteiger partial charge on any atom is -0.351 e. The van der Waals surface area contributed by atoms with Crippen LogP contribution >= 0.6 is 0 Å². The van der Waals surface area contributed by atoms with Gasteiger partial charge in [-0.1, -0.05) is 19.1 Å². The highest BCUT2D eigenvalue weighted by atomic mass is 16.2. The van der Waals surface area contributed by atoms with Crippen molar-refractivity contribution in [2.45, 2.75) is 13.3 Å². The van der Waals surface area contributed by atoms with Gasteiger partial charge in [-0.25, -0.2) is 9.69 Å². The number of aryl methyl sites for hydroxylation is 2. The SMILES string of the molecule is CCc1ccc(N2C(=O)NC(=O)C(=Cc3cccn3C)C2=O)cc1. The predicted molar refractivity (Wildman–Crippen MR) is 90.2 cm³/mol. The fourth-order valence-electron chi connectivity index (χ4n) is 2.54. The van der Waals surface area contributed by atoms with Gasteiger partial charge in [0, 0.05) is 18.9 Å². The Kier molecular flexibility index (Phi) is 4.04. The molecule has 24 heavy (non-hydrogen) atoms. The average molecular weight is 323 g/mol. The van der Waals surface area contributed by atoms with Gasteiger partial charge in [0.25, 0.3) is 11.8 Å². The Labute approximate surface area is 139 Å². The van der Waals surface area contributed by atoms with E-state index in [2.05, 4.69) is 5.32 Å². The quantitative estimate of drug-likeness (QED) is 0.695. The molecule has 4 amide bonds. The standard InChI is InChI=1S/C18H17N3O3/c1-3-12-6-8-13(9-7-12)21-17(23)15(16(22)19-18(21)24)11-14-5-4-10-20(14)2/h4-11H,3H2,1-2H3,(H,19,22,24). The molecule has 6 heteroatoms. The van der Waals surface area contributed by atoms with Gasteiger partial charge in [0.1, 0.15) is 5.57 Å². The molecule has 3 rings (SSSR count). The van der Waals surface area contributed by atoms with E-state index in [9.17, 15) is 14.4 Å². The van der Waals surface area contributed by atoms with E-state index < -0.39 is 17.8 Å². The van der Waals surface area contributed by atoms with Crippen molar-refractivity contribution >= 4 is 29.6 Å². The number of carbonyl (C=O) groups excluding carboxylic acids is 3. The summed E-state index contributed by atoms with van der Waals surface area (Å²) in [5.74, 6) is -1.32. The van der Waals surface area contributed by atoms with Crippen LogP contribution in [0, 0.1) is 0 Å². The third-order valence-electron chi connectivity index (χ3n) is 3.98. The van der Waals surface area contributed by atoms with Gasteiger partial charge in [0.2, 0.25) is 0 Å². The first kappa shape index (κ1) is 15.7. The Morgan fingerprint density at radius 1 is 1.08 bits per heavy atom. The predicted octanol–water partition coefficient (Wildman–Crippen LogP) is 2.25. The number of aromatic nitrogens is 1. The van der Waals surface area contributed by atoms with Gasteiger partial charge >= 0.3 is 6.03 Å². The van der Waals surface area contributed by atoms with Crippen LogP contribution in [0.15, 0.2) is 48.2 Å². The Morgan fingerprint density at radius 2 is 1.79 bits per heavy atom. The van der Waals surface area contributed by atoms with Crippen molar-refractivity contribution in [3.63, 3.8) is 0 Å². The van der Waals surface area contributed by atoms with E-state index in [1.807, 2.05) is 38.4 Å². The summed E-state index contributed by atoms with van der Waals surface area (Å²) in [5, 5.41) is 2.22. The number of anilines is 1. The van der Waals surface area contributed by atoms with E-state index in [-0.39, 0.29) is 5.57 Å².